The van der Waals surface area contributed by atoms with Gasteiger partial charge in [0.05, 0.1) is 5.69 Å². The molecule has 0 amide bonds. The van der Waals surface area contributed by atoms with Gasteiger partial charge >= 0.3 is 0 Å². The van der Waals surface area contributed by atoms with Crippen LogP contribution >= 0.6 is 0 Å². The van der Waals surface area contributed by atoms with Gasteiger partial charge in [-0.1, -0.05) is 0 Å². The highest BCUT2D eigenvalue weighted by atomic mass is 19.1. The number of imidazole rings is 1. The van der Waals surface area contributed by atoms with Crippen molar-refractivity contribution in [1.29, 1.82) is 0 Å². The molecular weight excluding hydrogens is 367 g/mol. The van der Waals surface area contributed by atoms with Crippen LogP contribution < -0.4 is 10.2 Å². The molecule has 0 aliphatic carbocycles. The molecule has 3 aromatic heterocycles. The number of rotatable bonds is 3. The van der Waals surface area contributed by atoms with E-state index in [9.17, 15) is 4.39 Å². The van der Waals surface area contributed by atoms with Gasteiger partial charge in [0, 0.05) is 49.2 Å². The molecule has 1 saturated heterocycles. The van der Waals surface area contributed by atoms with Gasteiger partial charge in [-0.3, -0.25) is 4.98 Å². The van der Waals surface area contributed by atoms with Crippen LogP contribution in [0.1, 0.15) is 6.92 Å². The Hall–Kier alpha value is -3.32. The van der Waals surface area contributed by atoms with Crippen LogP contribution in [-0.4, -0.2) is 45.3 Å². The van der Waals surface area contributed by atoms with Crippen LogP contribution in [0.4, 0.5) is 10.2 Å². The summed E-state index contributed by atoms with van der Waals surface area (Å²) in [6, 6.07) is 14.7. The molecule has 146 valence electrons. The predicted molar refractivity (Wildman–Crippen MR) is 111 cm³/mol. The highest BCUT2D eigenvalue weighted by Crippen LogP contribution is 2.32. The third-order valence-corrected chi connectivity index (χ3v) is 5.23. The maximum atomic E-state index is 13.5. The van der Waals surface area contributed by atoms with E-state index >= 15 is 0 Å². The Morgan fingerprint density at radius 1 is 1.00 bits per heavy atom. The van der Waals surface area contributed by atoms with Crippen LogP contribution in [0.25, 0.3) is 28.2 Å². The fourth-order valence-corrected chi connectivity index (χ4v) is 3.81. The molecule has 0 saturated carbocycles. The van der Waals surface area contributed by atoms with E-state index in [4.69, 9.17) is 10.1 Å². The molecule has 29 heavy (non-hydrogen) atoms. The molecule has 0 spiro atoms. The highest BCUT2D eigenvalue weighted by Gasteiger charge is 2.21. The second-order valence-corrected chi connectivity index (χ2v) is 7.31. The van der Waals surface area contributed by atoms with Crippen LogP contribution in [0.15, 0.2) is 60.9 Å². The van der Waals surface area contributed by atoms with Crippen LogP contribution in [0.5, 0.6) is 0 Å². The standard InChI is InChI=1S/C22H21FN6/c1-15-14-28(13-12-25-15)20-7-6-19-26-21(16-2-4-18(23)5-3-16)22(29(19)27-20)17-8-10-24-11-9-17/h2-11,15,25H,12-14H2,1H3/t15-/m1/s1. The number of pyridine rings is 1. The van der Waals surface area contributed by atoms with Crippen LogP contribution in [0.3, 0.4) is 0 Å². The summed E-state index contributed by atoms with van der Waals surface area (Å²) in [6.07, 6.45) is 3.51. The minimum Gasteiger partial charge on any atom is -0.352 e. The van der Waals surface area contributed by atoms with E-state index in [1.165, 1.54) is 12.1 Å². The maximum Gasteiger partial charge on any atom is 0.155 e. The molecule has 7 heteroatoms. The Morgan fingerprint density at radius 3 is 2.55 bits per heavy atom. The number of nitrogens with zero attached hydrogens (tertiary/aromatic N) is 5. The second-order valence-electron chi connectivity index (χ2n) is 7.31. The lowest BCUT2D eigenvalue weighted by molar-refractivity contribution is 0.481. The molecule has 1 atom stereocenters. The summed E-state index contributed by atoms with van der Waals surface area (Å²) in [5, 5.41) is 8.39. The Morgan fingerprint density at radius 2 is 1.79 bits per heavy atom. The monoisotopic (exact) mass is 388 g/mol. The Kier molecular flexibility index (Phi) is 4.44. The van der Waals surface area contributed by atoms with Gasteiger partial charge in [0.25, 0.3) is 0 Å². The molecule has 1 aliphatic heterocycles. The van der Waals surface area contributed by atoms with Crippen molar-refractivity contribution in [3.8, 4) is 22.5 Å². The molecule has 0 radical (unpaired) electrons. The number of anilines is 1. The molecule has 1 aliphatic rings. The van der Waals surface area contributed by atoms with Crippen molar-refractivity contribution in [3.63, 3.8) is 0 Å². The van der Waals surface area contributed by atoms with Crippen molar-refractivity contribution in [2.24, 2.45) is 0 Å². The average molecular weight is 388 g/mol. The lowest BCUT2D eigenvalue weighted by Crippen LogP contribution is -2.49. The van der Waals surface area contributed by atoms with Crippen molar-refractivity contribution in [3.05, 3.63) is 66.7 Å². The van der Waals surface area contributed by atoms with Crippen molar-refractivity contribution in [1.82, 2.24) is 24.9 Å². The zero-order chi connectivity index (χ0) is 19.8. The summed E-state index contributed by atoms with van der Waals surface area (Å²) in [4.78, 5) is 11.2. The third kappa shape index (κ3) is 3.34. The Labute approximate surface area is 168 Å². The van der Waals surface area contributed by atoms with E-state index in [0.29, 0.717) is 6.04 Å². The van der Waals surface area contributed by atoms with Crippen molar-refractivity contribution >= 4 is 11.5 Å². The van der Waals surface area contributed by atoms with E-state index in [0.717, 1.165) is 53.6 Å². The molecule has 5 rings (SSSR count). The van der Waals surface area contributed by atoms with E-state index in [1.54, 1.807) is 24.5 Å². The topological polar surface area (TPSA) is 58.4 Å². The third-order valence-electron chi connectivity index (χ3n) is 5.23. The summed E-state index contributed by atoms with van der Waals surface area (Å²) in [6.45, 7) is 4.93. The van der Waals surface area contributed by atoms with Crippen LogP contribution in [0.2, 0.25) is 0 Å². The number of nitrogens with one attached hydrogen (secondary N) is 1. The first-order valence-electron chi connectivity index (χ1n) is 9.73. The first-order valence-corrected chi connectivity index (χ1v) is 9.73. The summed E-state index contributed by atoms with van der Waals surface area (Å²) >= 11 is 0. The maximum absolute atomic E-state index is 13.5. The second kappa shape index (κ2) is 7.25. The van der Waals surface area contributed by atoms with Gasteiger partial charge in [-0.25, -0.2) is 13.9 Å². The fraction of sp³-hybridized carbons (Fsp3) is 0.227. The number of aromatic nitrogens is 4. The number of fused-ring (bicyclic) bond motifs is 1. The minimum absolute atomic E-state index is 0.267. The van der Waals surface area contributed by atoms with Gasteiger partial charge in [0.1, 0.15) is 17.3 Å². The minimum atomic E-state index is -0.267. The molecule has 0 unspecified atom stereocenters. The molecule has 0 bridgehead atoms. The van der Waals surface area contributed by atoms with Crippen LogP contribution in [-0.2, 0) is 0 Å². The first-order chi connectivity index (χ1) is 14.2. The van der Waals surface area contributed by atoms with Gasteiger partial charge in [0.15, 0.2) is 5.65 Å². The number of benzene rings is 1. The van der Waals surface area contributed by atoms with Crippen molar-refractivity contribution in [2.45, 2.75) is 13.0 Å². The van der Waals surface area contributed by atoms with Gasteiger partial charge in [-0.05, 0) is 55.5 Å². The average Bonchev–Trinajstić information content (AvgIpc) is 3.13. The molecule has 1 fully saturated rings. The molecule has 1 N–H and O–H groups in total. The van der Waals surface area contributed by atoms with E-state index in [1.807, 2.05) is 28.8 Å². The molecule has 6 nitrogen and oxygen atoms in total. The van der Waals surface area contributed by atoms with Gasteiger partial charge in [0.2, 0.25) is 0 Å². The van der Waals surface area contributed by atoms with E-state index in [-0.39, 0.29) is 5.82 Å². The highest BCUT2D eigenvalue weighted by molar-refractivity contribution is 5.81. The lowest BCUT2D eigenvalue weighted by atomic mass is 10.1. The summed E-state index contributed by atoms with van der Waals surface area (Å²) in [7, 11) is 0. The van der Waals surface area contributed by atoms with Gasteiger partial charge in [-0.15, -0.1) is 5.10 Å². The zero-order valence-corrected chi connectivity index (χ0v) is 16.1. The smallest absolute Gasteiger partial charge is 0.155 e. The first kappa shape index (κ1) is 17.8. The number of halogens is 1. The lowest BCUT2D eigenvalue weighted by Gasteiger charge is -2.32. The Balaban J connectivity index is 1.69. The molecule has 4 heterocycles. The quantitative estimate of drug-likeness (QED) is 0.583. The summed E-state index contributed by atoms with van der Waals surface area (Å²) < 4.78 is 15.3. The predicted octanol–water partition coefficient (Wildman–Crippen LogP) is 3.40. The normalized spacial score (nSPS) is 17.0. The SMILES string of the molecule is C[C@@H]1CN(c2ccc3nc(-c4ccc(F)cc4)c(-c4ccncc4)n3n2)CCN1. The van der Waals surface area contributed by atoms with Crippen molar-refractivity contribution in [2.75, 3.05) is 24.5 Å². The number of hydrogen-bond donors (Lipinski definition) is 1. The summed E-state index contributed by atoms with van der Waals surface area (Å²) in [5.41, 5.74) is 4.21. The molecule has 4 aromatic rings. The summed E-state index contributed by atoms with van der Waals surface area (Å²) in [5.74, 6) is 0.653. The van der Waals surface area contributed by atoms with E-state index in [2.05, 4.69) is 22.1 Å². The molecular formula is C22H21FN6. The zero-order valence-electron chi connectivity index (χ0n) is 16.1. The van der Waals surface area contributed by atoms with E-state index < -0.39 is 0 Å². The fourth-order valence-electron chi connectivity index (χ4n) is 3.81. The Bertz CT molecular complexity index is 1140. The number of piperazine rings is 1. The van der Waals surface area contributed by atoms with Gasteiger partial charge in [-0.2, -0.15) is 0 Å². The van der Waals surface area contributed by atoms with Gasteiger partial charge < -0.3 is 10.2 Å². The molecule has 1 aromatic carbocycles. The van der Waals surface area contributed by atoms with Crippen molar-refractivity contribution < 1.29 is 4.39 Å². The number of hydrogen-bond acceptors (Lipinski definition) is 5. The largest absolute Gasteiger partial charge is 0.352 e. The van der Waals surface area contributed by atoms with Crippen LogP contribution in [0, 0.1) is 5.82 Å².